The molecule has 174 valence electrons. The molecular weight excluding hydrogens is 469 g/mol. The van der Waals surface area contributed by atoms with Crippen molar-refractivity contribution >= 4 is 35.1 Å². The largest absolute Gasteiger partial charge is 0.488 e. The minimum Gasteiger partial charge on any atom is -0.488 e. The highest BCUT2D eigenvalue weighted by atomic mass is 35.5. The fourth-order valence-electron chi connectivity index (χ4n) is 2.79. The highest BCUT2D eigenvalue weighted by Crippen LogP contribution is 2.29. The van der Waals surface area contributed by atoms with Crippen LogP contribution in [-0.4, -0.2) is 44.5 Å². The van der Waals surface area contributed by atoms with Crippen molar-refractivity contribution in [3.8, 4) is 16.9 Å². The third-order valence-electron chi connectivity index (χ3n) is 4.61. The number of pyridine rings is 1. The van der Waals surface area contributed by atoms with Crippen LogP contribution < -0.4 is 4.74 Å². The molecule has 2 aromatic carbocycles. The van der Waals surface area contributed by atoms with E-state index in [4.69, 9.17) is 47.7 Å². The van der Waals surface area contributed by atoms with Crippen molar-refractivity contribution in [2.75, 3.05) is 0 Å². The number of aliphatic carboxylic acids is 2. The fourth-order valence-corrected chi connectivity index (χ4v) is 3.09. The first kappa shape index (κ1) is 26.1. The Morgan fingerprint density at radius 1 is 0.970 bits per heavy atom. The van der Waals surface area contributed by atoms with Gasteiger partial charge < -0.3 is 20.1 Å². The molecule has 3 rings (SSSR count). The Bertz CT molecular complexity index is 1050. The molecule has 9 heteroatoms. The van der Waals surface area contributed by atoms with Crippen LogP contribution in [0.3, 0.4) is 0 Å². The molecule has 33 heavy (non-hydrogen) atoms. The van der Waals surface area contributed by atoms with Crippen LogP contribution in [0.5, 0.6) is 5.75 Å². The van der Waals surface area contributed by atoms with Crippen LogP contribution in [0.4, 0.5) is 0 Å². The number of ether oxygens (including phenoxy) is 1. The Morgan fingerprint density at radius 3 is 2.15 bits per heavy atom. The summed E-state index contributed by atoms with van der Waals surface area (Å²) in [6, 6.07) is 17.2. The molecule has 0 fully saturated rings. The van der Waals surface area contributed by atoms with E-state index in [1.54, 1.807) is 12.3 Å². The summed E-state index contributed by atoms with van der Waals surface area (Å²) < 4.78 is 5.89. The van der Waals surface area contributed by atoms with Crippen molar-refractivity contribution in [1.82, 2.24) is 4.98 Å². The summed E-state index contributed by atoms with van der Waals surface area (Å²) in [5.41, 5.74) is 3.11. The second-order valence-electron chi connectivity index (χ2n) is 7.05. The molecule has 2 atom stereocenters. The van der Waals surface area contributed by atoms with Crippen LogP contribution in [0, 0.1) is 0 Å². The van der Waals surface area contributed by atoms with E-state index in [2.05, 4.69) is 4.98 Å². The van der Waals surface area contributed by atoms with Gasteiger partial charge in [0.05, 0.1) is 16.1 Å². The number of nitrogens with zero attached hydrogens (tertiary/aromatic N) is 1. The van der Waals surface area contributed by atoms with Crippen LogP contribution in [0.2, 0.25) is 10.0 Å². The first-order valence-corrected chi connectivity index (χ1v) is 10.7. The molecule has 0 amide bonds. The second kappa shape index (κ2) is 12.8. The number of aliphatic hydroxyl groups excluding tert-OH is 1. The first-order valence-electron chi connectivity index (χ1n) is 9.92. The van der Waals surface area contributed by atoms with E-state index in [9.17, 15) is 5.11 Å². The molecule has 0 aliphatic heterocycles. The van der Waals surface area contributed by atoms with Gasteiger partial charge in [-0.05, 0) is 66.8 Å². The molecule has 3 aromatic rings. The average molecular weight is 492 g/mol. The topological polar surface area (TPSA) is 117 Å². The Morgan fingerprint density at radius 2 is 1.61 bits per heavy atom. The molecule has 3 N–H and O–H groups in total. The van der Waals surface area contributed by atoms with E-state index in [0.29, 0.717) is 22.2 Å². The standard InChI is InChI=1S/C22H21Cl2NO2.C2H2O4/c1-15(22(26)11-4-16-3-2-12-25-14-16)27-19-8-5-17(6-9-19)18-7-10-20(23)21(24)13-18;3-1(4)2(5)6/h2-3,5-10,12-15,22,26H,4,11H2,1H3;(H,3,4)(H,5,6)/t15-,22+;/m0./s1. The lowest BCUT2D eigenvalue weighted by molar-refractivity contribution is -0.159. The number of hydrogen-bond acceptors (Lipinski definition) is 5. The summed E-state index contributed by atoms with van der Waals surface area (Å²) >= 11 is 12.1. The SMILES string of the molecule is C[C@H](Oc1ccc(-c2ccc(Cl)c(Cl)c2)cc1)[C@H](O)CCc1cccnc1.O=C(O)C(=O)O. The van der Waals surface area contributed by atoms with Gasteiger partial charge in [0.2, 0.25) is 0 Å². The van der Waals surface area contributed by atoms with Gasteiger partial charge in [0.25, 0.3) is 0 Å². The number of carbonyl (C=O) groups is 2. The number of aliphatic hydroxyl groups is 1. The van der Waals surface area contributed by atoms with E-state index < -0.39 is 18.0 Å². The minimum absolute atomic E-state index is 0.308. The molecule has 0 saturated heterocycles. The zero-order chi connectivity index (χ0) is 24.4. The van der Waals surface area contributed by atoms with Gasteiger partial charge in [-0.2, -0.15) is 0 Å². The van der Waals surface area contributed by atoms with E-state index in [1.165, 1.54) is 0 Å². The molecule has 0 bridgehead atoms. The molecule has 0 unspecified atom stereocenters. The first-order chi connectivity index (χ1) is 15.7. The Kier molecular flexibility index (Phi) is 10.1. The predicted octanol–water partition coefficient (Wildman–Crippen LogP) is 4.97. The summed E-state index contributed by atoms with van der Waals surface area (Å²) in [6.07, 6.45) is 4.08. The van der Waals surface area contributed by atoms with Crippen molar-refractivity contribution in [2.24, 2.45) is 0 Å². The Balaban J connectivity index is 0.000000569. The summed E-state index contributed by atoms with van der Waals surface area (Å²) in [5.74, 6) is -2.93. The lowest BCUT2D eigenvalue weighted by atomic mass is 10.0. The van der Waals surface area contributed by atoms with E-state index in [1.807, 2.05) is 61.7 Å². The molecular formula is C24H23Cl2NO6. The highest BCUT2D eigenvalue weighted by Gasteiger charge is 2.16. The molecule has 0 saturated carbocycles. The van der Waals surface area contributed by atoms with Gasteiger partial charge >= 0.3 is 11.9 Å². The Hall–Kier alpha value is -3.13. The van der Waals surface area contributed by atoms with Gasteiger partial charge in [0.15, 0.2) is 0 Å². The molecule has 1 heterocycles. The zero-order valence-electron chi connectivity index (χ0n) is 17.7. The van der Waals surface area contributed by atoms with Gasteiger partial charge in [0.1, 0.15) is 11.9 Å². The number of halogens is 2. The monoisotopic (exact) mass is 491 g/mol. The number of rotatable bonds is 7. The maximum atomic E-state index is 10.4. The number of carboxylic acid groups (broad SMARTS) is 2. The van der Waals surface area contributed by atoms with Gasteiger partial charge in [-0.15, -0.1) is 0 Å². The zero-order valence-corrected chi connectivity index (χ0v) is 19.2. The number of carboxylic acids is 2. The summed E-state index contributed by atoms with van der Waals surface area (Å²) in [4.78, 5) is 22.3. The van der Waals surface area contributed by atoms with Gasteiger partial charge in [-0.25, -0.2) is 9.59 Å². The second-order valence-corrected chi connectivity index (χ2v) is 7.87. The maximum absolute atomic E-state index is 10.4. The predicted molar refractivity (Wildman–Crippen MR) is 126 cm³/mol. The number of aryl methyl sites for hydroxylation is 1. The number of aromatic nitrogens is 1. The smallest absolute Gasteiger partial charge is 0.414 e. The molecule has 0 aliphatic rings. The Labute approximate surface area is 201 Å². The van der Waals surface area contributed by atoms with Crippen LogP contribution in [0.15, 0.2) is 67.0 Å². The summed E-state index contributed by atoms with van der Waals surface area (Å²) in [5, 5.41) is 26.2. The van der Waals surface area contributed by atoms with E-state index in [0.717, 1.165) is 23.1 Å². The lowest BCUT2D eigenvalue weighted by Crippen LogP contribution is -2.29. The van der Waals surface area contributed by atoms with Crippen molar-refractivity contribution in [3.63, 3.8) is 0 Å². The summed E-state index contributed by atoms with van der Waals surface area (Å²) in [7, 11) is 0. The minimum atomic E-state index is -1.82. The molecule has 0 spiro atoms. The third kappa shape index (κ3) is 8.73. The molecule has 7 nitrogen and oxygen atoms in total. The average Bonchev–Trinajstić information content (AvgIpc) is 2.80. The number of benzene rings is 2. The quantitative estimate of drug-likeness (QED) is 0.399. The van der Waals surface area contributed by atoms with Crippen molar-refractivity contribution in [1.29, 1.82) is 0 Å². The van der Waals surface area contributed by atoms with Crippen molar-refractivity contribution in [2.45, 2.75) is 32.0 Å². The van der Waals surface area contributed by atoms with Crippen LogP contribution in [0.25, 0.3) is 11.1 Å². The van der Waals surface area contributed by atoms with Crippen molar-refractivity contribution in [3.05, 3.63) is 82.6 Å². The van der Waals surface area contributed by atoms with E-state index >= 15 is 0 Å². The molecule has 0 radical (unpaired) electrons. The van der Waals surface area contributed by atoms with E-state index in [-0.39, 0.29) is 6.10 Å². The van der Waals surface area contributed by atoms with Crippen LogP contribution in [-0.2, 0) is 16.0 Å². The lowest BCUT2D eigenvalue weighted by Gasteiger charge is -2.20. The van der Waals surface area contributed by atoms with Crippen LogP contribution in [0.1, 0.15) is 18.9 Å². The normalized spacial score (nSPS) is 12.1. The summed E-state index contributed by atoms with van der Waals surface area (Å²) in [6.45, 7) is 1.88. The van der Waals surface area contributed by atoms with Gasteiger partial charge in [0, 0.05) is 12.4 Å². The third-order valence-corrected chi connectivity index (χ3v) is 5.34. The fraction of sp³-hybridized carbons (Fsp3) is 0.208. The van der Waals surface area contributed by atoms with Gasteiger partial charge in [-0.1, -0.05) is 47.5 Å². The van der Waals surface area contributed by atoms with Crippen molar-refractivity contribution < 1.29 is 29.6 Å². The van der Waals surface area contributed by atoms with Gasteiger partial charge in [-0.3, -0.25) is 4.98 Å². The number of hydrogen-bond donors (Lipinski definition) is 3. The maximum Gasteiger partial charge on any atom is 0.414 e. The van der Waals surface area contributed by atoms with Crippen LogP contribution >= 0.6 is 23.2 Å². The molecule has 0 aliphatic carbocycles. The highest BCUT2D eigenvalue weighted by molar-refractivity contribution is 6.42. The molecule has 1 aromatic heterocycles.